The molecule has 30 heavy (non-hydrogen) atoms. The van der Waals surface area contributed by atoms with Crippen LogP contribution in [0.5, 0.6) is 5.75 Å². The molecule has 3 aromatic rings. The van der Waals surface area contributed by atoms with Gasteiger partial charge in [-0.1, -0.05) is 35.5 Å². The Kier molecular flexibility index (Phi) is 7.57. The lowest BCUT2D eigenvalue weighted by Gasteiger charge is -2.15. The molecule has 0 aliphatic carbocycles. The van der Waals surface area contributed by atoms with Crippen molar-refractivity contribution in [1.29, 1.82) is 0 Å². The van der Waals surface area contributed by atoms with Gasteiger partial charge in [0.05, 0.1) is 5.56 Å². The lowest BCUT2D eigenvalue weighted by Crippen LogP contribution is -2.34. The fourth-order valence-corrected chi connectivity index (χ4v) is 3.23. The van der Waals surface area contributed by atoms with Crippen molar-refractivity contribution < 1.29 is 14.4 Å². The molecule has 2 aromatic carbocycles. The second kappa shape index (κ2) is 10.5. The predicted molar refractivity (Wildman–Crippen MR) is 115 cm³/mol. The monoisotopic (exact) mass is 408 g/mol. The van der Waals surface area contributed by atoms with Crippen LogP contribution < -0.4 is 10.6 Å². The van der Waals surface area contributed by atoms with E-state index in [2.05, 4.69) is 20.8 Å². The molecular formula is C23H28N4O3. The topological polar surface area (TPSA) is 100 Å². The van der Waals surface area contributed by atoms with Crippen LogP contribution in [0.25, 0.3) is 11.4 Å². The van der Waals surface area contributed by atoms with Crippen molar-refractivity contribution in [3.8, 4) is 17.1 Å². The Morgan fingerprint density at radius 2 is 1.97 bits per heavy atom. The molecule has 0 saturated carbocycles. The van der Waals surface area contributed by atoms with Crippen LogP contribution in [0.4, 0.5) is 0 Å². The molecule has 0 saturated heterocycles. The van der Waals surface area contributed by atoms with E-state index >= 15 is 0 Å². The number of aromatic hydroxyl groups is 1. The summed E-state index contributed by atoms with van der Waals surface area (Å²) in [6.45, 7) is 2.89. The number of carbonyl (C=O) groups excluding carboxylic acids is 1. The van der Waals surface area contributed by atoms with E-state index in [0.717, 1.165) is 24.9 Å². The minimum Gasteiger partial charge on any atom is -0.507 e. The molecule has 1 amide bonds. The number of nitrogens with zero attached hydrogens (tertiary/aromatic N) is 2. The summed E-state index contributed by atoms with van der Waals surface area (Å²) in [5.41, 5.74) is 1.96. The number of amides is 1. The quantitative estimate of drug-likeness (QED) is 0.445. The molecule has 0 aliphatic rings. The molecule has 0 radical (unpaired) electrons. The number of phenolic OH excluding ortho intramolecular Hbond substituents is 1. The van der Waals surface area contributed by atoms with Gasteiger partial charge in [0.1, 0.15) is 5.75 Å². The Bertz CT molecular complexity index is 956. The Hall–Kier alpha value is -3.19. The van der Waals surface area contributed by atoms with Crippen LogP contribution in [0, 0.1) is 0 Å². The zero-order valence-corrected chi connectivity index (χ0v) is 17.4. The Morgan fingerprint density at radius 3 is 2.70 bits per heavy atom. The van der Waals surface area contributed by atoms with Gasteiger partial charge in [-0.3, -0.25) is 4.79 Å². The van der Waals surface area contributed by atoms with Crippen molar-refractivity contribution in [2.24, 2.45) is 0 Å². The van der Waals surface area contributed by atoms with Gasteiger partial charge < -0.3 is 20.3 Å². The van der Waals surface area contributed by atoms with Gasteiger partial charge in [0.25, 0.3) is 5.91 Å². The number of hydrogen-bond donors (Lipinski definition) is 3. The van der Waals surface area contributed by atoms with Crippen LogP contribution in [0.2, 0.25) is 0 Å². The minimum atomic E-state index is -0.319. The summed E-state index contributed by atoms with van der Waals surface area (Å²) >= 11 is 0. The molecule has 7 nitrogen and oxygen atoms in total. The molecule has 1 atom stereocenters. The Morgan fingerprint density at radius 1 is 1.17 bits per heavy atom. The molecule has 0 spiro atoms. The Balaban J connectivity index is 1.60. The standard InChI is InChI=1S/C23H28N4O3/c1-16(14-17-8-4-3-5-9-17)25-23(29)19-12-11-18(15-20(19)28)22-26-21(30-27-22)10-6-7-13-24-2/h3-5,8-9,11-12,15-16,24,28H,6-7,10,13-14H2,1-2H3,(H,25,29)/t16-/m1/s1. The van der Waals surface area contributed by atoms with Gasteiger partial charge >= 0.3 is 0 Å². The summed E-state index contributed by atoms with van der Waals surface area (Å²) in [5.74, 6) is 0.536. The van der Waals surface area contributed by atoms with Crippen molar-refractivity contribution in [3.05, 3.63) is 65.5 Å². The predicted octanol–water partition coefficient (Wildman–Crippen LogP) is 3.35. The van der Waals surface area contributed by atoms with Gasteiger partial charge in [-0.2, -0.15) is 4.98 Å². The van der Waals surface area contributed by atoms with Crippen LogP contribution in [0.3, 0.4) is 0 Å². The molecule has 7 heteroatoms. The second-order valence-corrected chi connectivity index (χ2v) is 7.37. The van der Waals surface area contributed by atoms with Crippen molar-refractivity contribution in [2.45, 2.75) is 38.6 Å². The molecule has 158 valence electrons. The summed E-state index contributed by atoms with van der Waals surface area (Å²) in [4.78, 5) is 16.9. The normalized spacial score (nSPS) is 11.9. The number of benzene rings is 2. The van der Waals surface area contributed by atoms with Crippen molar-refractivity contribution >= 4 is 5.91 Å². The average Bonchev–Trinajstić information content (AvgIpc) is 3.20. The molecule has 3 rings (SSSR count). The van der Waals surface area contributed by atoms with Crippen molar-refractivity contribution in [1.82, 2.24) is 20.8 Å². The first-order valence-electron chi connectivity index (χ1n) is 10.2. The summed E-state index contributed by atoms with van der Waals surface area (Å²) in [6, 6.07) is 14.7. The number of phenols is 1. The first-order valence-corrected chi connectivity index (χ1v) is 10.2. The number of rotatable bonds is 10. The van der Waals surface area contributed by atoms with Crippen molar-refractivity contribution in [3.63, 3.8) is 0 Å². The van der Waals surface area contributed by atoms with Crippen LogP contribution in [0.15, 0.2) is 53.1 Å². The summed E-state index contributed by atoms with van der Waals surface area (Å²) in [6.07, 6.45) is 3.40. The zero-order valence-electron chi connectivity index (χ0n) is 17.4. The van der Waals surface area contributed by atoms with E-state index in [1.165, 1.54) is 6.07 Å². The minimum absolute atomic E-state index is 0.0679. The second-order valence-electron chi connectivity index (χ2n) is 7.37. The number of aromatic nitrogens is 2. The number of hydrogen-bond acceptors (Lipinski definition) is 6. The summed E-state index contributed by atoms with van der Waals surface area (Å²) < 4.78 is 5.28. The zero-order chi connectivity index (χ0) is 21.3. The van der Waals surface area contributed by atoms with Gasteiger partial charge in [-0.05, 0) is 63.5 Å². The largest absolute Gasteiger partial charge is 0.507 e. The number of nitrogens with one attached hydrogen (secondary N) is 2. The van der Waals surface area contributed by atoms with E-state index in [4.69, 9.17) is 4.52 Å². The number of unbranched alkanes of at least 4 members (excludes halogenated alkanes) is 1. The molecule has 0 fully saturated rings. The third kappa shape index (κ3) is 5.90. The lowest BCUT2D eigenvalue weighted by atomic mass is 10.1. The maximum atomic E-state index is 12.6. The van der Waals surface area contributed by atoms with E-state index < -0.39 is 0 Å². The highest BCUT2D eigenvalue weighted by molar-refractivity contribution is 5.97. The molecule has 0 bridgehead atoms. The highest BCUT2D eigenvalue weighted by Crippen LogP contribution is 2.25. The van der Waals surface area contributed by atoms with Crippen LogP contribution in [-0.2, 0) is 12.8 Å². The average molecular weight is 409 g/mol. The third-order valence-corrected chi connectivity index (χ3v) is 4.80. The van der Waals surface area contributed by atoms with Gasteiger partial charge in [0.2, 0.25) is 11.7 Å². The fraction of sp³-hybridized carbons (Fsp3) is 0.348. The van der Waals surface area contributed by atoms with Gasteiger partial charge in [0.15, 0.2) is 0 Å². The summed E-state index contributed by atoms with van der Waals surface area (Å²) in [5, 5.41) is 20.4. The number of aryl methyl sites for hydroxylation is 1. The maximum absolute atomic E-state index is 12.6. The Labute approximate surface area is 176 Å². The fourth-order valence-electron chi connectivity index (χ4n) is 3.23. The number of carbonyl (C=O) groups is 1. The van der Waals surface area contributed by atoms with Gasteiger partial charge in [0, 0.05) is 18.0 Å². The van der Waals surface area contributed by atoms with E-state index in [-0.39, 0.29) is 23.3 Å². The van der Waals surface area contributed by atoms with E-state index in [9.17, 15) is 9.90 Å². The van der Waals surface area contributed by atoms with Gasteiger partial charge in [-0.15, -0.1) is 0 Å². The molecule has 1 aromatic heterocycles. The van der Waals surface area contributed by atoms with Gasteiger partial charge in [-0.25, -0.2) is 0 Å². The van der Waals surface area contributed by atoms with E-state index in [0.29, 0.717) is 30.1 Å². The third-order valence-electron chi connectivity index (χ3n) is 4.80. The smallest absolute Gasteiger partial charge is 0.255 e. The highest BCUT2D eigenvalue weighted by atomic mass is 16.5. The van der Waals surface area contributed by atoms with Crippen molar-refractivity contribution in [2.75, 3.05) is 13.6 Å². The van der Waals surface area contributed by atoms with Crippen LogP contribution >= 0.6 is 0 Å². The highest BCUT2D eigenvalue weighted by Gasteiger charge is 2.16. The molecular weight excluding hydrogens is 380 g/mol. The SMILES string of the molecule is CNCCCCc1nc(-c2ccc(C(=O)N[C@H](C)Cc3ccccc3)c(O)c2)no1. The molecule has 0 aliphatic heterocycles. The van der Waals surface area contributed by atoms with E-state index in [1.807, 2.05) is 44.3 Å². The first kappa shape index (κ1) is 21.5. The lowest BCUT2D eigenvalue weighted by molar-refractivity contribution is 0.0937. The molecule has 3 N–H and O–H groups in total. The molecule has 1 heterocycles. The first-order chi connectivity index (χ1) is 14.6. The van der Waals surface area contributed by atoms with Crippen LogP contribution in [-0.4, -0.2) is 40.8 Å². The van der Waals surface area contributed by atoms with E-state index in [1.54, 1.807) is 12.1 Å². The molecule has 0 unspecified atom stereocenters. The summed E-state index contributed by atoms with van der Waals surface area (Å²) in [7, 11) is 1.92. The van der Waals surface area contributed by atoms with Crippen LogP contribution in [0.1, 0.15) is 41.6 Å². The maximum Gasteiger partial charge on any atom is 0.255 e.